The molecule has 0 aromatic heterocycles. The molecule has 20 heavy (non-hydrogen) atoms. The standard InChI is InChI=1S/C17H26BrNS/c1-17(2,3)19-11-14-10-15(18)8-9-16(14)20-12-13-6-4-5-7-13/h8-10,13,19H,4-7,11-12H2,1-3H3. The van der Waals surface area contributed by atoms with Crippen molar-refractivity contribution in [2.45, 2.75) is 63.4 Å². The molecule has 1 aromatic rings. The lowest BCUT2D eigenvalue weighted by Gasteiger charge is -2.22. The van der Waals surface area contributed by atoms with Crippen molar-refractivity contribution in [2.24, 2.45) is 5.92 Å². The van der Waals surface area contributed by atoms with Gasteiger partial charge in [-0.05, 0) is 63.3 Å². The van der Waals surface area contributed by atoms with Gasteiger partial charge in [-0.1, -0.05) is 28.8 Å². The van der Waals surface area contributed by atoms with Gasteiger partial charge in [-0.25, -0.2) is 0 Å². The fraction of sp³-hybridized carbons (Fsp3) is 0.647. The van der Waals surface area contributed by atoms with Gasteiger partial charge < -0.3 is 5.32 Å². The molecule has 0 heterocycles. The maximum atomic E-state index is 3.60. The lowest BCUT2D eigenvalue weighted by molar-refractivity contribution is 0.422. The molecule has 1 aliphatic carbocycles. The first kappa shape index (κ1) is 16.4. The van der Waals surface area contributed by atoms with Crippen molar-refractivity contribution >= 4 is 27.7 Å². The zero-order chi connectivity index (χ0) is 14.6. The third-order valence-electron chi connectivity index (χ3n) is 3.78. The number of halogens is 1. The summed E-state index contributed by atoms with van der Waals surface area (Å²) in [5.41, 5.74) is 1.58. The summed E-state index contributed by atoms with van der Waals surface area (Å²) in [6.07, 6.45) is 5.73. The number of benzene rings is 1. The second kappa shape index (κ2) is 7.33. The summed E-state index contributed by atoms with van der Waals surface area (Å²) in [5.74, 6) is 2.22. The summed E-state index contributed by atoms with van der Waals surface area (Å²) in [5, 5.41) is 3.60. The van der Waals surface area contributed by atoms with E-state index in [1.807, 2.05) is 11.8 Å². The summed E-state index contributed by atoms with van der Waals surface area (Å²) < 4.78 is 1.17. The molecule has 112 valence electrons. The Morgan fingerprint density at radius 1 is 1.25 bits per heavy atom. The minimum Gasteiger partial charge on any atom is -0.308 e. The maximum Gasteiger partial charge on any atom is 0.0221 e. The van der Waals surface area contributed by atoms with Crippen LogP contribution in [0.4, 0.5) is 0 Å². The average molecular weight is 356 g/mol. The van der Waals surface area contributed by atoms with Crippen LogP contribution in [0, 0.1) is 5.92 Å². The Balaban J connectivity index is 1.99. The highest BCUT2D eigenvalue weighted by atomic mass is 79.9. The molecular formula is C17H26BrNS. The smallest absolute Gasteiger partial charge is 0.0221 e. The van der Waals surface area contributed by atoms with E-state index in [0.717, 1.165) is 12.5 Å². The van der Waals surface area contributed by atoms with Crippen LogP contribution in [0.1, 0.15) is 52.0 Å². The van der Waals surface area contributed by atoms with Crippen LogP contribution in [-0.4, -0.2) is 11.3 Å². The highest BCUT2D eigenvalue weighted by Gasteiger charge is 2.16. The summed E-state index contributed by atoms with van der Waals surface area (Å²) >= 11 is 5.64. The van der Waals surface area contributed by atoms with Gasteiger partial charge in [-0.15, -0.1) is 11.8 Å². The molecular weight excluding hydrogens is 330 g/mol. The van der Waals surface area contributed by atoms with Crippen LogP contribution in [0.3, 0.4) is 0 Å². The molecule has 0 radical (unpaired) electrons. The predicted molar refractivity (Wildman–Crippen MR) is 93.4 cm³/mol. The molecule has 0 amide bonds. The number of hydrogen-bond acceptors (Lipinski definition) is 2. The van der Waals surface area contributed by atoms with Crippen LogP contribution in [0.15, 0.2) is 27.6 Å². The Labute approximate surface area is 136 Å². The van der Waals surface area contributed by atoms with Crippen LogP contribution in [0.5, 0.6) is 0 Å². The minimum atomic E-state index is 0.162. The average Bonchev–Trinajstić information content (AvgIpc) is 2.87. The second-order valence-corrected chi connectivity index (χ2v) is 8.79. The van der Waals surface area contributed by atoms with Crippen molar-refractivity contribution in [1.29, 1.82) is 0 Å². The van der Waals surface area contributed by atoms with Gasteiger partial charge in [0.1, 0.15) is 0 Å². The Morgan fingerprint density at radius 3 is 2.60 bits per heavy atom. The summed E-state index contributed by atoms with van der Waals surface area (Å²) in [6.45, 7) is 7.60. The van der Waals surface area contributed by atoms with E-state index in [1.165, 1.54) is 46.4 Å². The van der Waals surface area contributed by atoms with Crippen LogP contribution in [0.2, 0.25) is 0 Å². The topological polar surface area (TPSA) is 12.0 Å². The van der Waals surface area contributed by atoms with E-state index < -0.39 is 0 Å². The van der Waals surface area contributed by atoms with Gasteiger partial charge in [-0.3, -0.25) is 0 Å². The molecule has 0 bridgehead atoms. The molecule has 2 rings (SSSR count). The fourth-order valence-corrected chi connectivity index (χ4v) is 4.21. The monoisotopic (exact) mass is 355 g/mol. The first-order chi connectivity index (χ1) is 9.44. The summed E-state index contributed by atoms with van der Waals surface area (Å²) in [4.78, 5) is 1.44. The van der Waals surface area contributed by atoms with Crippen molar-refractivity contribution in [3.05, 3.63) is 28.2 Å². The number of nitrogens with one attached hydrogen (secondary N) is 1. The molecule has 1 saturated carbocycles. The van der Waals surface area contributed by atoms with Crippen LogP contribution in [0.25, 0.3) is 0 Å². The molecule has 0 unspecified atom stereocenters. The van der Waals surface area contributed by atoms with E-state index in [-0.39, 0.29) is 5.54 Å². The fourth-order valence-electron chi connectivity index (χ4n) is 2.57. The molecule has 1 fully saturated rings. The molecule has 0 aliphatic heterocycles. The third kappa shape index (κ3) is 5.42. The summed E-state index contributed by atoms with van der Waals surface area (Å²) in [6, 6.07) is 6.69. The lowest BCUT2D eigenvalue weighted by Crippen LogP contribution is -2.35. The minimum absolute atomic E-state index is 0.162. The largest absolute Gasteiger partial charge is 0.308 e. The van der Waals surface area contributed by atoms with Crippen LogP contribution < -0.4 is 5.32 Å². The van der Waals surface area contributed by atoms with E-state index in [0.29, 0.717) is 0 Å². The van der Waals surface area contributed by atoms with E-state index in [1.54, 1.807) is 0 Å². The molecule has 1 N–H and O–H groups in total. The van der Waals surface area contributed by atoms with Gasteiger partial charge in [0.2, 0.25) is 0 Å². The van der Waals surface area contributed by atoms with Gasteiger partial charge in [0.15, 0.2) is 0 Å². The molecule has 1 nitrogen and oxygen atoms in total. The van der Waals surface area contributed by atoms with Crippen molar-refractivity contribution in [3.63, 3.8) is 0 Å². The zero-order valence-electron chi connectivity index (χ0n) is 12.8. The quantitative estimate of drug-likeness (QED) is 0.687. The van der Waals surface area contributed by atoms with Crippen molar-refractivity contribution in [2.75, 3.05) is 5.75 Å². The lowest BCUT2D eigenvalue weighted by atomic mass is 10.1. The van der Waals surface area contributed by atoms with E-state index in [2.05, 4.69) is 60.2 Å². The second-order valence-electron chi connectivity index (χ2n) is 6.82. The van der Waals surface area contributed by atoms with E-state index >= 15 is 0 Å². The predicted octanol–water partition coefficient (Wildman–Crippen LogP) is 5.62. The SMILES string of the molecule is CC(C)(C)NCc1cc(Br)ccc1SCC1CCCC1. The number of rotatable bonds is 5. The normalized spacial score (nSPS) is 16.8. The zero-order valence-corrected chi connectivity index (χ0v) is 15.2. The van der Waals surface area contributed by atoms with Crippen LogP contribution in [-0.2, 0) is 6.54 Å². The Kier molecular flexibility index (Phi) is 6.00. The van der Waals surface area contributed by atoms with E-state index in [4.69, 9.17) is 0 Å². The third-order valence-corrected chi connectivity index (χ3v) is 5.62. The molecule has 0 atom stereocenters. The van der Waals surface area contributed by atoms with Crippen LogP contribution >= 0.6 is 27.7 Å². The molecule has 3 heteroatoms. The van der Waals surface area contributed by atoms with Crippen molar-refractivity contribution < 1.29 is 0 Å². The van der Waals surface area contributed by atoms with Gasteiger partial charge in [0.05, 0.1) is 0 Å². The molecule has 1 aromatic carbocycles. The van der Waals surface area contributed by atoms with Gasteiger partial charge in [-0.2, -0.15) is 0 Å². The molecule has 1 aliphatic rings. The Bertz CT molecular complexity index is 433. The maximum absolute atomic E-state index is 3.60. The number of thioether (sulfide) groups is 1. The Morgan fingerprint density at radius 2 is 1.95 bits per heavy atom. The highest BCUT2D eigenvalue weighted by molar-refractivity contribution is 9.10. The Hall–Kier alpha value is 0.01000. The van der Waals surface area contributed by atoms with Gasteiger partial charge in [0.25, 0.3) is 0 Å². The first-order valence-electron chi connectivity index (χ1n) is 7.60. The summed E-state index contributed by atoms with van der Waals surface area (Å²) in [7, 11) is 0. The first-order valence-corrected chi connectivity index (χ1v) is 9.38. The van der Waals surface area contributed by atoms with Crippen molar-refractivity contribution in [1.82, 2.24) is 5.32 Å². The molecule has 0 saturated heterocycles. The highest BCUT2D eigenvalue weighted by Crippen LogP contribution is 2.33. The van der Waals surface area contributed by atoms with Gasteiger partial charge >= 0.3 is 0 Å². The van der Waals surface area contributed by atoms with Gasteiger partial charge in [0, 0.05) is 27.2 Å². The van der Waals surface area contributed by atoms with E-state index in [9.17, 15) is 0 Å². The molecule has 0 spiro atoms. The number of hydrogen-bond donors (Lipinski definition) is 1. The van der Waals surface area contributed by atoms with Crippen molar-refractivity contribution in [3.8, 4) is 0 Å².